The van der Waals surface area contributed by atoms with Crippen LogP contribution in [0.15, 0.2) is 54.6 Å². The van der Waals surface area contributed by atoms with Crippen molar-refractivity contribution in [2.45, 2.75) is 20.0 Å². The van der Waals surface area contributed by atoms with Gasteiger partial charge in [0, 0.05) is 18.2 Å². The average molecular weight is 341 g/mol. The van der Waals surface area contributed by atoms with E-state index >= 15 is 0 Å². The zero-order chi connectivity index (χ0) is 18.2. The second kappa shape index (κ2) is 8.87. The Morgan fingerprint density at radius 1 is 0.960 bits per heavy atom. The minimum absolute atomic E-state index is 0.0247. The molecule has 0 bridgehead atoms. The molecule has 5 heteroatoms. The summed E-state index contributed by atoms with van der Waals surface area (Å²) >= 11 is 0. The second-order valence-electron chi connectivity index (χ2n) is 5.92. The van der Waals surface area contributed by atoms with Crippen LogP contribution in [0.1, 0.15) is 29.8 Å². The van der Waals surface area contributed by atoms with Crippen LogP contribution in [0.4, 0.5) is 4.79 Å². The number of nitrogens with zero attached hydrogens (tertiary/aromatic N) is 1. The van der Waals surface area contributed by atoms with E-state index < -0.39 is 0 Å². The number of ketones is 1. The van der Waals surface area contributed by atoms with Gasteiger partial charge >= 0.3 is 6.09 Å². The molecule has 0 N–H and O–H groups in total. The van der Waals surface area contributed by atoms with Gasteiger partial charge in [0.25, 0.3) is 0 Å². The number of hydrogen-bond donors (Lipinski definition) is 0. The molecule has 0 aliphatic carbocycles. The van der Waals surface area contributed by atoms with Crippen molar-refractivity contribution in [3.8, 4) is 5.75 Å². The minimum atomic E-state index is -0.373. The number of likely N-dealkylation sites (N-methyl/N-ethyl adjacent to an activating group) is 1. The maximum Gasteiger partial charge on any atom is 0.409 e. The van der Waals surface area contributed by atoms with Gasteiger partial charge in [0.2, 0.25) is 0 Å². The lowest BCUT2D eigenvalue weighted by molar-refractivity contribution is 0.0800. The van der Waals surface area contributed by atoms with Crippen LogP contribution in [-0.2, 0) is 4.74 Å². The van der Waals surface area contributed by atoms with Crippen molar-refractivity contribution < 1.29 is 19.1 Å². The summed E-state index contributed by atoms with van der Waals surface area (Å²) in [7, 11) is 1.66. The number of hydrogen-bond acceptors (Lipinski definition) is 4. The van der Waals surface area contributed by atoms with Gasteiger partial charge in [0.1, 0.15) is 12.4 Å². The molecule has 0 fully saturated rings. The van der Waals surface area contributed by atoms with Crippen LogP contribution in [0.5, 0.6) is 5.75 Å². The quantitative estimate of drug-likeness (QED) is 0.719. The molecule has 0 radical (unpaired) electrons. The van der Waals surface area contributed by atoms with E-state index in [9.17, 15) is 9.59 Å². The highest BCUT2D eigenvalue weighted by atomic mass is 16.6. The monoisotopic (exact) mass is 341 g/mol. The predicted molar refractivity (Wildman–Crippen MR) is 96.1 cm³/mol. The molecule has 5 nitrogen and oxygen atoms in total. The first-order chi connectivity index (χ1) is 12.0. The van der Waals surface area contributed by atoms with Crippen LogP contribution in [0.3, 0.4) is 0 Å². The number of benzene rings is 2. The Bertz CT molecular complexity index is 695. The fraction of sp³-hybridized carbons (Fsp3) is 0.300. The van der Waals surface area contributed by atoms with Crippen molar-refractivity contribution >= 4 is 11.9 Å². The van der Waals surface area contributed by atoms with Gasteiger partial charge in [0.05, 0.1) is 12.6 Å². The number of rotatable bonds is 7. The molecule has 25 heavy (non-hydrogen) atoms. The predicted octanol–water partition coefficient (Wildman–Crippen LogP) is 3.77. The van der Waals surface area contributed by atoms with Gasteiger partial charge in [0.15, 0.2) is 5.78 Å². The Morgan fingerprint density at radius 3 is 2.16 bits per heavy atom. The van der Waals surface area contributed by atoms with Gasteiger partial charge in [-0.2, -0.15) is 0 Å². The van der Waals surface area contributed by atoms with Gasteiger partial charge in [-0.25, -0.2) is 4.79 Å². The molecule has 2 aromatic rings. The molecule has 132 valence electrons. The number of amides is 1. The Kier molecular flexibility index (Phi) is 6.57. The van der Waals surface area contributed by atoms with Gasteiger partial charge in [-0.1, -0.05) is 30.3 Å². The topological polar surface area (TPSA) is 55.8 Å². The summed E-state index contributed by atoms with van der Waals surface area (Å²) in [4.78, 5) is 25.5. The third-order valence-corrected chi connectivity index (χ3v) is 3.50. The molecule has 0 atom stereocenters. The summed E-state index contributed by atoms with van der Waals surface area (Å²) in [5, 5.41) is 0. The molecule has 0 aliphatic rings. The third kappa shape index (κ3) is 5.64. The van der Waals surface area contributed by atoms with Crippen LogP contribution in [0, 0.1) is 0 Å². The highest BCUT2D eigenvalue weighted by Gasteiger charge is 2.12. The minimum Gasteiger partial charge on any atom is -0.492 e. The van der Waals surface area contributed by atoms with Gasteiger partial charge < -0.3 is 14.4 Å². The highest BCUT2D eigenvalue weighted by molar-refractivity contribution is 6.08. The molecule has 0 spiro atoms. The van der Waals surface area contributed by atoms with Crippen molar-refractivity contribution in [2.75, 3.05) is 20.2 Å². The Hall–Kier alpha value is -2.82. The SMILES string of the molecule is CC(C)OC(=O)N(C)CCOc1ccc(C(=O)c2ccccc2)cc1. The Balaban J connectivity index is 1.84. The molecule has 0 aliphatic heterocycles. The van der Waals surface area contributed by atoms with Crippen LogP contribution in [-0.4, -0.2) is 43.1 Å². The molecule has 0 aromatic heterocycles. The molecule has 2 rings (SSSR count). The third-order valence-electron chi connectivity index (χ3n) is 3.50. The summed E-state index contributed by atoms with van der Waals surface area (Å²) in [6.45, 7) is 4.37. The lowest BCUT2D eigenvalue weighted by atomic mass is 10.0. The van der Waals surface area contributed by atoms with Crippen molar-refractivity contribution in [1.82, 2.24) is 4.90 Å². The maximum atomic E-state index is 12.3. The van der Waals surface area contributed by atoms with E-state index in [0.717, 1.165) is 0 Å². The largest absolute Gasteiger partial charge is 0.492 e. The molecular formula is C20H23NO4. The van der Waals surface area contributed by atoms with E-state index in [1.165, 1.54) is 4.90 Å². The van der Waals surface area contributed by atoms with E-state index in [0.29, 0.717) is 30.0 Å². The summed E-state index contributed by atoms with van der Waals surface area (Å²) < 4.78 is 10.7. The fourth-order valence-corrected chi connectivity index (χ4v) is 2.14. The summed E-state index contributed by atoms with van der Waals surface area (Å²) in [6, 6.07) is 16.1. The summed E-state index contributed by atoms with van der Waals surface area (Å²) in [5.74, 6) is 0.624. The molecular weight excluding hydrogens is 318 g/mol. The maximum absolute atomic E-state index is 12.3. The lowest BCUT2D eigenvalue weighted by Gasteiger charge is -2.18. The van der Waals surface area contributed by atoms with Crippen LogP contribution >= 0.6 is 0 Å². The Morgan fingerprint density at radius 2 is 1.56 bits per heavy atom. The normalized spacial score (nSPS) is 10.4. The number of ether oxygens (including phenoxy) is 2. The molecule has 2 aromatic carbocycles. The smallest absolute Gasteiger partial charge is 0.409 e. The lowest BCUT2D eigenvalue weighted by Crippen LogP contribution is -2.32. The van der Waals surface area contributed by atoms with E-state index in [-0.39, 0.29) is 18.0 Å². The fourth-order valence-electron chi connectivity index (χ4n) is 2.14. The van der Waals surface area contributed by atoms with Gasteiger partial charge in [-0.3, -0.25) is 4.79 Å². The van der Waals surface area contributed by atoms with Crippen molar-refractivity contribution in [3.05, 3.63) is 65.7 Å². The summed E-state index contributed by atoms with van der Waals surface area (Å²) in [5.41, 5.74) is 1.26. The molecule has 0 saturated heterocycles. The standard InChI is InChI=1S/C20H23NO4/c1-15(2)25-20(23)21(3)13-14-24-18-11-9-17(10-12-18)19(22)16-7-5-4-6-8-16/h4-12,15H,13-14H2,1-3H3. The number of carbonyl (C=O) groups excluding carboxylic acids is 2. The molecule has 0 saturated carbocycles. The molecule has 1 amide bonds. The first-order valence-corrected chi connectivity index (χ1v) is 8.21. The Labute approximate surface area is 148 Å². The van der Waals surface area contributed by atoms with E-state index in [2.05, 4.69) is 0 Å². The highest BCUT2D eigenvalue weighted by Crippen LogP contribution is 2.15. The zero-order valence-corrected chi connectivity index (χ0v) is 14.8. The van der Waals surface area contributed by atoms with Gasteiger partial charge in [-0.15, -0.1) is 0 Å². The van der Waals surface area contributed by atoms with E-state index in [1.54, 1.807) is 57.3 Å². The van der Waals surface area contributed by atoms with Crippen LogP contribution in [0.2, 0.25) is 0 Å². The first kappa shape index (κ1) is 18.5. The van der Waals surface area contributed by atoms with Gasteiger partial charge in [-0.05, 0) is 38.1 Å². The summed E-state index contributed by atoms with van der Waals surface area (Å²) in [6.07, 6.45) is -0.520. The van der Waals surface area contributed by atoms with Crippen molar-refractivity contribution in [1.29, 1.82) is 0 Å². The first-order valence-electron chi connectivity index (χ1n) is 8.21. The van der Waals surface area contributed by atoms with Crippen molar-refractivity contribution in [3.63, 3.8) is 0 Å². The van der Waals surface area contributed by atoms with E-state index in [4.69, 9.17) is 9.47 Å². The molecule has 0 unspecified atom stereocenters. The zero-order valence-electron chi connectivity index (χ0n) is 14.8. The molecule has 0 heterocycles. The van der Waals surface area contributed by atoms with E-state index in [1.807, 2.05) is 18.2 Å². The van der Waals surface area contributed by atoms with Crippen LogP contribution < -0.4 is 4.74 Å². The average Bonchev–Trinajstić information content (AvgIpc) is 2.61. The number of carbonyl (C=O) groups is 2. The van der Waals surface area contributed by atoms with Crippen molar-refractivity contribution in [2.24, 2.45) is 0 Å². The van der Waals surface area contributed by atoms with Crippen LogP contribution in [0.25, 0.3) is 0 Å². The second-order valence-corrected chi connectivity index (χ2v) is 5.92.